The smallest absolute Gasteiger partial charge is 0.222 e. The highest BCUT2D eigenvalue weighted by molar-refractivity contribution is 7.89. The molecule has 0 fully saturated rings. The lowest BCUT2D eigenvalue weighted by Crippen LogP contribution is -2.35. The van der Waals surface area contributed by atoms with Crippen molar-refractivity contribution in [3.63, 3.8) is 0 Å². The molecule has 1 unspecified atom stereocenters. The third-order valence-electron chi connectivity index (χ3n) is 1.72. The summed E-state index contributed by atoms with van der Waals surface area (Å²) in [6.45, 7) is 0.234. The minimum atomic E-state index is -3.53. The van der Waals surface area contributed by atoms with Crippen molar-refractivity contribution >= 4 is 15.9 Å². The number of ether oxygens (including phenoxy) is 1. The normalized spacial score (nSPS) is 13.5. The first-order valence-corrected chi connectivity index (χ1v) is 6.10. The summed E-state index contributed by atoms with van der Waals surface area (Å²) in [6, 6.07) is 0. The van der Waals surface area contributed by atoms with Gasteiger partial charge in [0, 0.05) is 20.2 Å². The van der Waals surface area contributed by atoms with Crippen LogP contribution in [0.1, 0.15) is 6.42 Å². The first-order valence-electron chi connectivity index (χ1n) is 4.39. The largest absolute Gasteiger partial charge is 0.380 e. The van der Waals surface area contributed by atoms with Crippen LogP contribution in [0.4, 0.5) is 0 Å². The van der Waals surface area contributed by atoms with Gasteiger partial charge in [0.15, 0.2) is 0 Å². The van der Waals surface area contributed by atoms with Crippen LogP contribution in [0.2, 0.25) is 0 Å². The number of nitrogens with two attached hydrogens (primary N) is 2. The van der Waals surface area contributed by atoms with Gasteiger partial charge in [-0.25, -0.2) is 13.6 Å². The maximum absolute atomic E-state index is 11.2. The highest BCUT2D eigenvalue weighted by Crippen LogP contribution is 1.93. The van der Waals surface area contributed by atoms with Crippen molar-refractivity contribution in [3.05, 3.63) is 0 Å². The molecule has 0 saturated carbocycles. The Labute approximate surface area is 89.2 Å². The van der Waals surface area contributed by atoms with E-state index in [4.69, 9.17) is 15.6 Å². The molecule has 0 aromatic rings. The second kappa shape index (κ2) is 6.72. The molecule has 0 aromatic carbocycles. The Kier molecular flexibility index (Phi) is 6.41. The van der Waals surface area contributed by atoms with E-state index in [1.165, 1.54) is 7.11 Å². The van der Waals surface area contributed by atoms with Crippen molar-refractivity contribution in [2.45, 2.75) is 12.5 Å². The molecule has 15 heavy (non-hydrogen) atoms. The zero-order valence-electron chi connectivity index (χ0n) is 8.60. The summed E-state index contributed by atoms with van der Waals surface area (Å²) in [5.41, 5.74) is 5.31. The fourth-order valence-corrected chi connectivity index (χ4v) is 1.26. The first kappa shape index (κ1) is 14.3. The minimum Gasteiger partial charge on any atom is -0.380 e. The second-order valence-corrected chi connectivity index (χ2v) is 4.75. The molecular formula is C7H17N3O4S. The van der Waals surface area contributed by atoms with Crippen molar-refractivity contribution < 1.29 is 17.9 Å². The van der Waals surface area contributed by atoms with Gasteiger partial charge in [0.25, 0.3) is 0 Å². The molecule has 5 N–H and O–H groups in total. The van der Waals surface area contributed by atoms with Crippen LogP contribution in [0, 0.1) is 0 Å². The van der Waals surface area contributed by atoms with Crippen LogP contribution >= 0.6 is 0 Å². The molecular weight excluding hydrogens is 222 g/mol. The summed E-state index contributed by atoms with van der Waals surface area (Å²) in [6.07, 6.45) is -0.239. The standard InChI is InChI=1S/C7H17N3O4S/c1-14-6(5-8)4-7(11)10-2-3-15(9,12)13/h6H,2-5,8H2,1H3,(H,10,11)(H2,9,12,13). The van der Waals surface area contributed by atoms with Crippen molar-refractivity contribution in [2.75, 3.05) is 26.0 Å². The van der Waals surface area contributed by atoms with Gasteiger partial charge in [-0.2, -0.15) is 0 Å². The number of amides is 1. The molecule has 90 valence electrons. The van der Waals surface area contributed by atoms with Gasteiger partial charge >= 0.3 is 0 Å². The molecule has 0 aromatic heterocycles. The summed E-state index contributed by atoms with van der Waals surface area (Å²) in [5.74, 6) is -0.588. The Morgan fingerprint density at radius 2 is 2.13 bits per heavy atom. The van der Waals surface area contributed by atoms with Crippen molar-refractivity contribution in [1.29, 1.82) is 0 Å². The topological polar surface area (TPSA) is 125 Å². The predicted molar refractivity (Wildman–Crippen MR) is 55.5 cm³/mol. The van der Waals surface area contributed by atoms with Gasteiger partial charge in [0.2, 0.25) is 15.9 Å². The molecule has 8 heteroatoms. The first-order chi connectivity index (χ1) is 6.89. The monoisotopic (exact) mass is 239 g/mol. The molecule has 0 rings (SSSR count). The Morgan fingerprint density at radius 1 is 1.53 bits per heavy atom. The van der Waals surface area contributed by atoms with Crippen LogP contribution in [0.15, 0.2) is 0 Å². The van der Waals surface area contributed by atoms with Crippen LogP contribution in [-0.4, -0.2) is 46.4 Å². The Bertz CT molecular complexity index is 287. The van der Waals surface area contributed by atoms with Gasteiger partial charge in [-0.1, -0.05) is 0 Å². The third-order valence-corrected chi connectivity index (χ3v) is 2.49. The van der Waals surface area contributed by atoms with Crippen molar-refractivity contribution in [2.24, 2.45) is 10.9 Å². The predicted octanol–water partition coefficient (Wildman–Crippen LogP) is -2.25. The van der Waals surface area contributed by atoms with E-state index in [2.05, 4.69) is 5.32 Å². The summed E-state index contributed by atoms with van der Waals surface area (Å²) in [4.78, 5) is 11.2. The van der Waals surface area contributed by atoms with Crippen LogP contribution in [0.5, 0.6) is 0 Å². The van der Waals surface area contributed by atoms with E-state index in [1.807, 2.05) is 0 Å². The van der Waals surface area contributed by atoms with Gasteiger partial charge in [0.1, 0.15) is 0 Å². The van der Waals surface area contributed by atoms with Gasteiger partial charge in [-0.3, -0.25) is 4.79 Å². The van der Waals surface area contributed by atoms with Crippen molar-refractivity contribution in [1.82, 2.24) is 5.32 Å². The molecule has 7 nitrogen and oxygen atoms in total. The molecule has 0 saturated heterocycles. The van der Waals surface area contributed by atoms with E-state index < -0.39 is 10.0 Å². The lowest BCUT2D eigenvalue weighted by atomic mass is 10.2. The van der Waals surface area contributed by atoms with E-state index >= 15 is 0 Å². The highest BCUT2D eigenvalue weighted by atomic mass is 32.2. The number of carbonyl (C=O) groups excluding carboxylic acids is 1. The van der Waals surface area contributed by atoms with Crippen LogP contribution in [0.25, 0.3) is 0 Å². The molecule has 0 aliphatic carbocycles. The zero-order chi connectivity index (χ0) is 11.9. The van der Waals surface area contributed by atoms with E-state index in [1.54, 1.807) is 0 Å². The average Bonchev–Trinajstić information content (AvgIpc) is 2.12. The number of carbonyl (C=O) groups is 1. The van der Waals surface area contributed by atoms with Crippen LogP contribution < -0.4 is 16.2 Å². The molecule has 0 radical (unpaired) electrons. The quantitative estimate of drug-likeness (QED) is 0.463. The maximum Gasteiger partial charge on any atom is 0.222 e. The number of hydrogen-bond acceptors (Lipinski definition) is 5. The number of rotatable bonds is 7. The molecule has 0 bridgehead atoms. The molecule has 1 amide bonds. The number of methoxy groups -OCH3 is 1. The van der Waals surface area contributed by atoms with Gasteiger partial charge in [0.05, 0.1) is 18.3 Å². The Morgan fingerprint density at radius 3 is 2.53 bits per heavy atom. The molecule has 1 atom stereocenters. The maximum atomic E-state index is 11.2. The van der Waals surface area contributed by atoms with Gasteiger partial charge in [-0.05, 0) is 0 Å². The third kappa shape index (κ3) is 8.30. The van der Waals surface area contributed by atoms with Gasteiger partial charge in [-0.15, -0.1) is 0 Å². The number of primary sulfonamides is 1. The van der Waals surface area contributed by atoms with Gasteiger partial charge < -0.3 is 15.8 Å². The summed E-state index contributed by atoms with van der Waals surface area (Å²) in [5, 5.41) is 7.16. The summed E-state index contributed by atoms with van der Waals surface area (Å²) in [7, 11) is -2.08. The van der Waals surface area contributed by atoms with E-state index in [9.17, 15) is 13.2 Å². The molecule has 0 aliphatic heterocycles. The fourth-order valence-electron chi connectivity index (χ4n) is 0.875. The number of nitrogens with one attached hydrogen (secondary N) is 1. The molecule has 0 spiro atoms. The van der Waals surface area contributed by atoms with E-state index in [0.29, 0.717) is 0 Å². The lowest BCUT2D eigenvalue weighted by Gasteiger charge is -2.12. The van der Waals surface area contributed by atoms with Crippen molar-refractivity contribution in [3.8, 4) is 0 Å². The average molecular weight is 239 g/mol. The van der Waals surface area contributed by atoms with Crippen LogP contribution in [0.3, 0.4) is 0 Å². The highest BCUT2D eigenvalue weighted by Gasteiger charge is 2.11. The molecule has 0 aliphatic rings. The van der Waals surface area contributed by atoms with E-state index in [-0.39, 0.29) is 37.3 Å². The number of sulfonamides is 1. The van der Waals surface area contributed by atoms with E-state index in [0.717, 1.165) is 0 Å². The lowest BCUT2D eigenvalue weighted by molar-refractivity contribution is -0.123. The Balaban J connectivity index is 3.75. The SMILES string of the molecule is COC(CN)CC(=O)NCCS(N)(=O)=O. The Hall–Kier alpha value is -0.700. The molecule has 0 heterocycles. The minimum absolute atomic E-state index is 0.00132. The zero-order valence-corrected chi connectivity index (χ0v) is 9.42. The number of hydrogen-bond donors (Lipinski definition) is 3. The summed E-state index contributed by atoms with van der Waals surface area (Å²) >= 11 is 0. The van der Waals surface area contributed by atoms with Crippen LogP contribution in [-0.2, 0) is 19.6 Å². The fraction of sp³-hybridized carbons (Fsp3) is 0.857. The summed E-state index contributed by atoms with van der Waals surface area (Å²) < 4.78 is 25.9. The second-order valence-electron chi connectivity index (χ2n) is 3.01.